The van der Waals surface area contributed by atoms with Gasteiger partial charge in [-0.25, -0.2) is 0 Å². The van der Waals surface area contributed by atoms with Gasteiger partial charge in [0.05, 0.1) is 6.42 Å². The van der Waals surface area contributed by atoms with Crippen molar-refractivity contribution in [1.29, 1.82) is 0 Å². The highest BCUT2D eigenvalue weighted by atomic mass is 16.2. The second kappa shape index (κ2) is 4.95. The predicted octanol–water partition coefficient (Wildman–Crippen LogP) is -0.211. The Bertz CT molecular complexity index is 513. The van der Waals surface area contributed by atoms with E-state index >= 15 is 0 Å². The van der Waals surface area contributed by atoms with Crippen LogP contribution in [0.2, 0.25) is 0 Å². The van der Waals surface area contributed by atoms with Crippen LogP contribution in [0.15, 0.2) is 18.3 Å². The second-order valence-corrected chi connectivity index (χ2v) is 4.05. The molecule has 1 aliphatic rings. The van der Waals surface area contributed by atoms with Gasteiger partial charge in [-0.15, -0.1) is 0 Å². The molecule has 1 unspecified atom stereocenters. The van der Waals surface area contributed by atoms with E-state index in [1.54, 1.807) is 12.3 Å². The molecule has 0 aromatic carbocycles. The number of nitrogens with one attached hydrogen (secondary N) is 2. The molecule has 1 fully saturated rings. The van der Waals surface area contributed by atoms with E-state index in [0.29, 0.717) is 0 Å². The van der Waals surface area contributed by atoms with E-state index in [4.69, 9.17) is 0 Å². The Morgan fingerprint density at radius 3 is 2.94 bits per heavy atom. The average molecular weight is 247 g/mol. The molecule has 0 saturated carbocycles. The van der Waals surface area contributed by atoms with Gasteiger partial charge in [0.15, 0.2) is 0 Å². The van der Waals surface area contributed by atoms with Gasteiger partial charge in [0, 0.05) is 6.20 Å². The van der Waals surface area contributed by atoms with Crippen LogP contribution in [-0.4, -0.2) is 28.7 Å². The molecule has 0 spiro atoms. The minimum atomic E-state index is -0.794. The average Bonchev–Trinajstić information content (AvgIpc) is 2.68. The van der Waals surface area contributed by atoms with Crippen molar-refractivity contribution in [3.05, 3.63) is 29.6 Å². The van der Waals surface area contributed by atoms with Gasteiger partial charge in [0.25, 0.3) is 5.91 Å². The Morgan fingerprint density at radius 1 is 1.56 bits per heavy atom. The lowest BCUT2D eigenvalue weighted by Gasteiger charge is -2.09. The summed E-state index contributed by atoms with van der Waals surface area (Å²) in [4.78, 5) is 38.1. The number of carbonyl (C=O) groups excluding carboxylic acids is 3. The topological polar surface area (TPSA) is 88.2 Å². The maximum absolute atomic E-state index is 11.9. The van der Waals surface area contributed by atoms with Gasteiger partial charge < -0.3 is 5.32 Å². The molecule has 3 amide bonds. The van der Waals surface area contributed by atoms with Crippen LogP contribution >= 0.6 is 0 Å². The van der Waals surface area contributed by atoms with Crippen molar-refractivity contribution in [3.63, 3.8) is 0 Å². The molecule has 1 atom stereocenters. The lowest BCUT2D eigenvalue weighted by Crippen LogP contribution is -2.40. The quantitative estimate of drug-likeness (QED) is 0.723. The highest BCUT2D eigenvalue weighted by molar-refractivity contribution is 6.07. The Balaban J connectivity index is 2.07. The zero-order chi connectivity index (χ0) is 13.1. The number of amides is 3. The summed E-state index contributed by atoms with van der Waals surface area (Å²) in [6, 6.07) is 2.70. The number of aromatic nitrogens is 1. The lowest BCUT2D eigenvalue weighted by molar-refractivity contribution is -0.125. The molecule has 0 radical (unpaired) electrons. The van der Waals surface area contributed by atoms with E-state index in [1.165, 1.54) is 0 Å². The highest BCUT2D eigenvalue weighted by Gasteiger charge is 2.32. The first-order valence-electron chi connectivity index (χ1n) is 5.69. The summed E-state index contributed by atoms with van der Waals surface area (Å²) in [6.07, 6.45) is 2.33. The monoisotopic (exact) mass is 247 g/mol. The van der Waals surface area contributed by atoms with Gasteiger partial charge in [0.2, 0.25) is 11.8 Å². The fourth-order valence-electron chi connectivity index (χ4n) is 1.72. The van der Waals surface area contributed by atoms with E-state index < -0.39 is 17.9 Å². The molecule has 6 nitrogen and oxygen atoms in total. The smallest absolute Gasteiger partial charge is 0.270 e. The van der Waals surface area contributed by atoms with Crippen LogP contribution in [-0.2, 0) is 16.0 Å². The molecule has 0 bridgehead atoms. The number of carbonyl (C=O) groups is 3. The summed E-state index contributed by atoms with van der Waals surface area (Å²) >= 11 is 0. The molecular weight excluding hydrogens is 234 g/mol. The van der Waals surface area contributed by atoms with Crippen molar-refractivity contribution >= 4 is 17.7 Å². The fraction of sp³-hybridized carbons (Fsp3) is 0.333. The van der Waals surface area contributed by atoms with Crippen LogP contribution in [0.1, 0.15) is 29.4 Å². The van der Waals surface area contributed by atoms with E-state index in [2.05, 4.69) is 15.6 Å². The van der Waals surface area contributed by atoms with Crippen LogP contribution in [0, 0.1) is 0 Å². The molecule has 1 aliphatic heterocycles. The van der Waals surface area contributed by atoms with Crippen LogP contribution in [0.5, 0.6) is 0 Å². The maximum atomic E-state index is 11.9. The molecule has 2 heterocycles. The second-order valence-electron chi connectivity index (χ2n) is 4.05. The maximum Gasteiger partial charge on any atom is 0.270 e. The summed E-state index contributed by atoms with van der Waals surface area (Å²) in [5, 5.41) is 4.63. The number of aryl methyl sites for hydroxylation is 1. The number of pyridine rings is 1. The van der Waals surface area contributed by atoms with Gasteiger partial charge in [-0.2, -0.15) is 0 Å². The Morgan fingerprint density at radius 2 is 2.33 bits per heavy atom. The molecular formula is C12H13N3O3. The van der Waals surface area contributed by atoms with Gasteiger partial charge in [-0.3, -0.25) is 24.7 Å². The summed E-state index contributed by atoms with van der Waals surface area (Å²) in [6.45, 7) is 1.97. The van der Waals surface area contributed by atoms with Crippen molar-refractivity contribution in [3.8, 4) is 0 Å². The third-order valence-electron chi connectivity index (χ3n) is 2.74. The van der Waals surface area contributed by atoms with E-state index in [9.17, 15) is 14.4 Å². The van der Waals surface area contributed by atoms with Crippen molar-refractivity contribution < 1.29 is 14.4 Å². The zero-order valence-corrected chi connectivity index (χ0v) is 9.90. The molecule has 0 aliphatic carbocycles. The predicted molar refractivity (Wildman–Crippen MR) is 62.6 cm³/mol. The first kappa shape index (κ1) is 12.2. The standard InChI is InChI=1S/C12H13N3O3/c1-2-7-3-4-13-8(5-7)11(17)14-9-6-10(16)15-12(9)18/h3-5,9H,2,6H2,1H3,(H,14,17)(H,15,16,18). The summed E-state index contributed by atoms with van der Waals surface area (Å²) in [7, 11) is 0. The number of rotatable bonds is 3. The first-order valence-corrected chi connectivity index (χ1v) is 5.69. The molecule has 18 heavy (non-hydrogen) atoms. The Kier molecular flexibility index (Phi) is 3.36. The Hall–Kier alpha value is -2.24. The van der Waals surface area contributed by atoms with Gasteiger partial charge >= 0.3 is 0 Å². The molecule has 1 aromatic heterocycles. The van der Waals surface area contributed by atoms with Crippen LogP contribution < -0.4 is 10.6 Å². The lowest BCUT2D eigenvalue weighted by atomic mass is 10.1. The molecule has 1 saturated heterocycles. The van der Waals surface area contributed by atoms with Crippen molar-refractivity contribution in [2.75, 3.05) is 0 Å². The van der Waals surface area contributed by atoms with Crippen LogP contribution in [0.25, 0.3) is 0 Å². The molecule has 94 valence electrons. The number of imide groups is 1. The summed E-state index contributed by atoms with van der Waals surface area (Å²) in [5.74, 6) is -1.29. The number of hydrogen-bond acceptors (Lipinski definition) is 4. The van der Waals surface area contributed by atoms with Crippen LogP contribution in [0.4, 0.5) is 0 Å². The molecule has 6 heteroatoms. The van der Waals surface area contributed by atoms with Crippen molar-refractivity contribution in [1.82, 2.24) is 15.6 Å². The highest BCUT2D eigenvalue weighted by Crippen LogP contribution is 2.05. The Labute approximate surface area is 104 Å². The molecule has 1 aromatic rings. The minimum Gasteiger partial charge on any atom is -0.338 e. The van der Waals surface area contributed by atoms with E-state index in [-0.39, 0.29) is 18.0 Å². The third-order valence-corrected chi connectivity index (χ3v) is 2.74. The number of nitrogens with zero attached hydrogens (tertiary/aromatic N) is 1. The molecule has 2 N–H and O–H groups in total. The van der Waals surface area contributed by atoms with Crippen LogP contribution in [0.3, 0.4) is 0 Å². The SMILES string of the molecule is CCc1ccnc(C(=O)NC2CC(=O)NC2=O)c1. The third kappa shape index (κ3) is 2.53. The first-order chi connectivity index (χ1) is 8.60. The van der Waals surface area contributed by atoms with Gasteiger partial charge in [-0.05, 0) is 24.1 Å². The molecule has 2 rings (SSSR count). The fourth-order valence-corrected chi connectivity index (χ4v) is 1.72. The largest absolute Gasteiger partial charge is 0.338 e. The number of hydrogen-bond donors (Lipinski definition) is 2. The van der Waals surface area contributed by atoms with Gasteiger partial charge in [-0.1, -0.05) is 6.92 Å². The zero-order valence-electron chi connectivity index (χ0n) is 9.90. The normalized spacial score (nSPS) is 18.6. The van der Waals surface area contributed by atoms with Gasteiger partial charge in [0.1, 0.15) is 11.7 Å². The van der Waals surface area contributed by atoms with E-state index in [1.807, 2.05) is 13.0 Å². The summed E-state index contributed by atoms with van der Waals surface area (Å²) in [5.41, 5.74) is 1.24. The minimum absolute atomic E-state index is 0.0158. The van der Waals surface area contributed by atoms with Crippen molar-refractivity contribution in [2.24, 2.45) is 0 Å². The van der Waals surface area contributed by atoms with E-state index in [0.717, 1.165) is 12.0 Å². The summed E-state index contributed by atoms with van der Waals surface area (Å²) < 4.78 is 0. The van der Waals surface area contributed by atoms with Crippen molar-refractivity contribution in [2.45, 2.75) is 25.8 Å².